The zero-order chi connectivity index (χ0) is 8.10. The first-order valence-corrected chi connectivity index (χ1v) is 3.62. The van der Waals surface area contributed by atoms with E-state index in [0.29, 0.717) is 12.8 Å². The van der Waals surface area contributed by atoms with Gasteiger partial charge in [-0.2, -0.15) is 10.4 Å². The van der Waals surface area contributed by atoms with E-state index >= 15 is 0 Å². The first kappa shape index (κ1) is 7.73. The van der Waals surface area contributed by atoms with Crippen LogP contribution in [0.3, 0.4) is 0 Å². The summed E-state index contributed by atoms with van der Waals surface area (Å²) in [4.78, 5) is 4.03. The smallest absolute Gasteiger partial charge is 0.138 e. The van der Waals surface area contributed by atoms with Gasteiger partial charge in [0.15, 0.2) is 0 Å². The molecule has 0 N–H and O–H groups in total. The molecule has 0 amide bonds. The zero-order valence-corrected chi connectivity index (χ0v) is 6.49. The molecule has 0 aromatic carbocycles. The number of aryl methyl sites for hydroxylation is 2. The second-order valence-corrected chi connectivity index (χ2v) is 2.15. The largest absolute Gasteiger partial charge is 0.250 e. The van der Waals surface area contributed by atoms with E-state index < -0.39 is 0 Å². The Morgan fingerprint density at radius 3 is 3.18 bits per heavy atom. The fraction of sp³-hybridized carbons (Fsp3) is 0.571. The van der Waals surface area contributed by atoms with Crippen molar-refractivity contribution in [2.45, 2.75) is 26.3 Å². The monoisotopic (exact) mass is 150 g/mol. The predicted molar refractivity (Wildman–Crippen MR) is 39.6 cm³/mol. The van der Waals surface area contributed by atoms with Crippen molar-refractivity contribution in [3.63, 3.8) is 0 Å². The van der Waals surface area contributed by atoms with Crippen molar-refractivity contribution >= 4 is 0 Å². The zero-order valence-electron chi connectivity index (χ0n) is 6.49. The Hall–Kier alpha value is -1.37. The molecule has 0 saturated heterocycles. The molecule has 0 aliphatic carbocycles. The van der Waals surface area contributed by atoms with Gasteiger partial charge in [-0.1, -0.05) is 0 Å². The summed E-state index contributed by atoms with van der Waals surface area (Å²) in [5, 5.41) is 12.3. The van der Waals surface area contributed by atoms with E-state index in [1.54, 1.807) is 4.68 Å². The van der Waals surface area contributed by atoms with Gasteiger partial charge in [0.2, 0.25) is 0 Å². The Labute approximate surface area is 65.5 Å². The van der Waals surface area contributed by atoms with Gasteiger partial charge < -0.3 is 0 Å². The van der Waals surface area contributed by atoms with Crippen LogP contribution in [0.25, 0.3) is 0 Å². The molecule has 0 saturated carbocycles. The summed E-state index contributed by atoms with van der Waals surface area (Å²) >= 11 is 0. The van der Waals surface area contributed by atoms with Crippen LogP contribution >= 0.6 is 0 Å². The van der Waals surface area contributed by atoms with Gasteiger partial charge in [0.1, 0.15) is 12.2 Å². The molecule has 0 radical (unpaired) electrons. The normalized spacial score (nSPS) is 9.45. The van der Waals surface area contributed by atoms with E-state index in [1.807, 2.05) is 6.92 Å². The quantitative estimate of drug-likeness (QED) is 0.639. The van der Waals surface area contributed by atoms with Crippen LogP contribution in [0.2, 0.25) is 0 Å². The molecule has 0 unspecified atom stereocenters. The Balaban J connectivity index is 2.62. The molecule has 1 rings (SSSR count). The first-order chi connectivity index (χ1) is 5.38. The second-order valence-electron chi connectivity index (χ2n) is 2.15. The maximum Gasteiger partial charge on any atom is 0.138 e. The molecule has 58 valence electrons. The van der Waals surface area contributed by atoms with Crippen LogP contribution in [-0.2, 0) is 13.0 Å². The highest BCUT2D eigenvalue weighted by atomic mass is 15.3. The van der Waals surface area contributed by atoms with Gasteiger partial charge in [0.05, 0.1) is 6.07 Å². The van der Waals surface area contributed by atoms with E-state index in [2.05, 4.69) is 16.2 Å². The number of rotatable bonds is 3. The minimum atomic E-state index is 0.513. The lowest BCUT2D eigenvalue weighted by atomic mass is 10.3. The fourth-order valence-corrected chi connectivity index (χ4v) is 0.914. The van der Waals surface area contributed by atoms with Crippen molar-refractivity contribution in [1.29, 1.82) is 5.26 Å². The van der Waals surface area contributed by atoms with Crippen molar-refractivity contribution in [2.24, 2.45) is 0 Å². The second kappa shape index (κ2) is 3.71. The molecule has 1 heterocycles. The van der Waals surface area contributed by atoms with E-state index in [1.165, 1.54) is 6.33 Å². The summed E-state index contributed by atoms with van der Waals surface area (Å²) < 4.78 is 1.80. The van der Waals surface area contributed by atoms with E-state index in [9.17, 15) is 0 Å². The molecule has 0 aliphatic heterocycles. The van der Waals surface area contributed by atoms with Gasteiger partial charge in [-0.25, -0.2) is 4.98 Å². The van der Waals surface area contributed by atoms with Gasteiger partial charge in [-0.3, -0.25) is 4.68 Å². The number of nitriles is 1. The van der Waals surface area contributed by atoms with Crippen molar-refractivity contribution in [3.05, 3.63) is 12.2 Å². The lowest BCUT2D eigenvalue weighted by Crippen LogP contribution is -2.02. The molecule has 0 atom stereocenters. The SMILES string of the molecule is CCn1ncnc1CCC#N. The summed E-state index contributed by atoms with van der Waals surface area (Å²) in [6, 6.07) is 2.08. The number of aromatic nitrogens is 3. The fourth-order valence-electron chi connectivity index (χ4n) is 0.914. The average molecular weight is 150 g/mol. The average Bonchev–Trinajstić information content (AvgIpc) is 2.47. The standard InChI is InChI=1S/C7H10N4/c1-2-11-7(4-3-5-8)9-6-10-11/h6H,2-4H2,1H3. The Kier molecular flexibility index (Phi) is 2.61. The van der Waals surface area contributed by atoms with E-state index in [4.69, 9.17) is 5.26 Å². The molecular formula is C7H10N4. The molecule has 1 aromatic heterocycles. The number of nitrogens with zero attached hydrogens (tertiary/aromatic N) is 4. The lowest BCUT2D eigenvalue weighted by Gasteiger charge is -1.98. The number of hydrogen-bond acceptors (Lipinski definition) is 3. The topological polar surface area (TPSA) is 54.5 Å². The van der Waals surface area contributed by atoms with Crippen molar-refractivity contribution in [1.82, 2.24) is 14.8 Å². The molecule has 11 heavy (non-hydrogen) atoms. The summed E-state index contributed by atoms with van der Waals surface area (Å²) in [5.41, 5.74) is 0. The summed E-state index contributed by atoms with van der Waals surface area (Å²) in [5.74, 6) is 0.897. The minimum Gasteiger partial charge on any atom is -0.250 e. The van der Waals surface area contributed by atoms with Gasteiger partial charge in [-0.15, -0.1) is 0 Å². The van der Waals surface area contributed by atoms with Crippen molar-refractivity contribution in [2.75, 3.05) is 0 Å². The molecular weight excluding hydrogens is 140 g/mol. The lowest BCUT2D eigenvalue weighted by molar-refractivity contribution is 0.614. The van der Waals surface area contributed by atoms with Crippen LogP contribution in [0.15, 0.2) is 6.33 Å². The van der Waals surface area contributed by atoms with Crippen LogP contribution in [0.4, 0.5) is 0 Å². The van der Waals surface area contributed by atoms with E-state index in [-0.39, 0.29) is 0 Å². The maximum absolute atomic E-state index is 8.32. The van der Waals surface area contributed by atoms with Crippen LogP contribution in [0.5, 0.6) is 0 Å². The Morgan fingerprint density at radius 2 is 2.55 bits per heavy atom. The Morgan fingerprint density at radius 1 is 1.73 bits per heavy atom. The van der Waals surface area contributed by atoms with Gasteiger partial charge in [0.25, 0.3) is 0 Å². The third-order valence-electron chi connectivity index (χ3n) is 1.46. The third kappa shape index (κ3) is 1.77. The minimum absolute atomic E-state index is 0.513. The molecule has 4 heteroatoms. The highest BCUT2D eigenvalue weighted by molar-refractivity contribution is 4.88. The van der Waals surface area contributed by atoms with Crippen molar-refractivity contribution in [3.8, 4) is 6.07 Å². The molecule has 0 aliphatic rings. The molecule has 4 nitrogen and oxygen atoms in total. The molecule has 1 aromatic rings. The first-order valence-electron chi connectivity index (χ1n) is 3.62. The van der Waals surface area contributed by atoms with Crippen molar-refractivity contribution < 1.29 is 0 Å². The van der Waals surface area contributed by atoms with Crippen LogP contribution < -0.4 is 0 Å². The van der Waals surface area contributed by atoms with Crippen LogP contribution in [0.1, 0.15) is 19.2 Å². The van der Waals surface area contributed by atoms with E-state index in [0.717, 1.165) is 12.4 Å². The Bertz CT molecular complexity index is 258. The van der Waals surface area contributed by atoms with Gasteiger partial charge in [0, 0.05) is 19.4 Å². The molecule has 0 spiro atoms. The maximum atomic E-state index is 8.32. The highest BCUT2D eigenvalue weighted by Crippen LogP contribution is 1.96. The highest BCUT2D eigenvalue weighted by Gasteiger charge is 1.99. The predicted octanol–water partition coefficient (Wildman–Crippen LogP) is 0.754. The molecule has 0 bridgehead atoms. The summed E-state index contributed by atoms with van der Waals surface area (Å²) in [6.07, 6.45) is 2.74. The summed E-state index contributed by atoms with van der Waals surface area (Å²) in [6.45, 7) is 2.82. The number of hydrogen-bond donors (Lipinski definition) is 0. The van der Waals surface area contributed by atoms with Gasteiger partial charge >= 0.3 is 0 Å². The third-order valence-corrected chi connectivity index (χ3v) is 1.46. The van der Waals surface area contributed by atoms with Crippen LogP contribution in [-0.4, -0.2) is 14.8 Å². The van der Waals surface area contributed by atoms with Gasteiger partial charge in [-0.05, 0) is 6.92 Å². The van der Waals surface area contributed by atoms with Crippen LogP contribution in [0, 0.1) is 11.3 Å². The molecule has 0 fully saturated rings. The summed E-state index contributed by atoms with van der Waals surface area (Å²) in [7, 11) is 0.